The number of hydrogen-bond acceptors (Lipinski definition) is 5. The smallest absolute Gasteiger partial charge is 0.332 e. The fourth-order valence-electron chi connectivity index (χ4n) is 3.05. The van der Waals surface area contributed by atoms with E-state index in [0.717, 1.165) is 22.6 Å². The van der Waals surface area contributed by atoms with Crippen LogP contribution in [0.15, 0.2) is 12.1 Å². The van der Waals surface area contributed by atoms with E-state index in [2.05, 4.69) is 11.4 Å². The van der Waals surface area contributed by atoms with Crippen LogP contribution in [0.3, 0.4) is 0 Å². The number of nitrogens with one attached hydrogen (secondary N) is 1. The number of hydrogen-bond donors (Lipinski definition) is 1. The van der Waals surface area contributed by atoms with Crippen LogP contribution in [0.2, 0.25) is 0 Å². The third kappa shape index (κ3) is 2.92. The molecule has 6 heteroatoms. The lowest BCUT2D eigenvalue weighted by Gasteiger charge is -2.27. The van der Waals surface area contributed by atoms with Crippen LogP contribution in [0, 0.1) is 13.8 Å². The molecule has 0 saturated carbocycles. The monoisotopic (exact) mass is 335 g/mol. The van der Waals surface area contributed by atoms with E-state index < -0.39 is 11.6 Å². The number of rotatable bonds is 3. The molecule has 1 aromatic rings. The molecule has 0 aliphatic carbocycles. The van der Waals surface area contributed by atoms with Crippen LogP contribution in [-0.2, 0) is 20.7 Å². The maximum atomic E-state index is 12.6. The van der Waals surface area contributed by atoms with Gasteiger partial charge in [0.15, 0.2) is 6.10 Å². The van der Waals surface area contributed by atoms with Gasteiger partial charge in [-0.2, -0.15) is 11.8 Å². The Morgan fingerprint density at radius 2 is 2.09 bits per heavy atom. The summed E-state index contributed by atoms with van der Waals surface area (Å²) in [5.74, 6) is 1.52. The lowest BCUT2D eigenvalue weighted by Crippen LogP contribution is -2.58. The van der Waals surface area contributed by atoms with Crippen molar-refractivity contribution in [2.45, 2.75) is 38.3 Å². The number of fused-ring (bicyclic) bond motifs is 1. The van der Waals surface area contributed by atoms with Crippen molar-refractivity contribution in [3.05, 3.63) is 28.8 Å². The summed E-state index contributed by atoms with van der Waals surface area (Å²) in [4.78, 5) is 24.7. The number of esters is 1. The highest BCUT2D eigenvalue weighted by atomic mass is 32.2. The Kier molecular flexibility index (Phi) is 4.27. The van der Waals surface area contributed by atoms with Gasteiger partial charge in [-0.15, -0.1) is 0 Å². The van der Waals surface area contributed by atoms with Crippen LogP contribution in [0.5, 0.6) is 5.75 Å². The Hall–Kier alpha value is -1.69. The third-order valence-electron chi connectivity index (χ3n) is 4.60. The lowest BCUT2D eigenvalue weighted by atomic mass is 9.98. The van der Waals surface area contributed by atoms with Gasteiger partial charge >= 0.3 is 5.97 Å². The van der Waals surface area contributed by atoms with Gasteiger partial charge in [-0.05, 0) is 48.8 Å². The first-order valence-electron chi connectivity index (χ1n) is 7.70. The molecule has 0 spiro atoms. The van der Waals surface area contributed by atoms with Gasteiger partial charge in [-0.25, -0.2) is 4.79 Å². The summed E-state index contributed by atoms with van der Waals surface area (Å²) in [5, 5.41) is 2.89. The average Bonchev–Trinajstić information content (AvgIpc) is 3.14. The summed E-state index contributed by atoms with van der Waals surface area (Å²) in [7, 11) is 1.35. The second kappa shape index (κ2) is 6.07. The topological polar surface area (TPSA) is 64.6 Å². The minimum absolute atomic E-state index is 0.246. The van der Waals surface area contributed by atoms with Crippen molar-refractivity contribution in [3.63, 3.8) is 0 Å². The van der Waals surface area contributed by atoms with Crippen LogP contribution in [-0.4, -0.2) is 42.1 Å². The van der Waals surface area contributed by atoms with Crippen molar-refractivity contribution in [1.82, 2.24) is 5.32 Å². The molecule has 1 saturated heterocycles. The van der Waals surface area contributed by atoms with Crippen LogP contribution < -0.4 is 10.1 Å². The molecule has 1 fully saturated rings. The molecule has 0 radical (unpaired) electrons. The Morgan fingerprint density at radius 3 is 2.74 bits per heavy atom. The van der Waals surface area contributed by atoms with E-state index in [1.54, 1.807) is 11.8 Å². The number of methoxy groups -OCH3 is 1. The predicted molar refractivity (Wildman–Crippen MR) is 88.9 cm³/mol. The fourth-order valence-corrected chi connectivity index (χ4v) is 4.37. The van der Waals surface area contributed by atoms with Gasteiger partial charge in [0, 0.05) is 12.2 Å². The molecule has 1 N–H and O–H groups in total. The number of thioether (sulfide) groups is 1. The zero-order valence-electron chi connectivity index (χ0n) is 13.6. The molecule has 1 aromatic carbocycles. The molecule has 2 atom stereocenters. The van der Waals surface area contributed by atoms with E-state index in [1.807, 2.05) is 19.9 Å². The van der Waals surface area contributed by atoms with Crippen molar-refractivity contribution < 1.29 is 19.1 Å². The molecule has 3 rings (SSSR count). The quantitative estimate of drug-likeness (QED) is 0.853. The first-order valence-corrected chi connectivity index (χ1v) is 8.85. The molecule has 0 aromatic heterocycles. The van der Waals surface area contributed by atoms with E-state index >= 15 is 0 Å². The molecule has 2 aliphatic heterocycles. The number of carbonyl (C=O) groups is 2. The number of benzene rings is 1. The zero-order valence-corrected chi connectivity index (χ0v) is 14.4. The average molecular weight is 335 g/mol. The first kappa shape index (κ1) is 16.2. The fraction of sp³-hybridized carbons (Fsp3) is 0.529. The normalized spacial score (nSPS) is 25.6. The number of ether oxygens (including phenoxy) is 2. The summed E-state index contributed by atoms with van der Waals surface area (Å²) in [6.45, 7) is 4.07. The highest BCUT2D eigenvalue weighted by Crippen LogP contribution is 2.33. The van der Waals surface area contributed by atoms with Crippen LogP contribution in [0.25, 0.3) is 0 Å². The predicted octanol–water partition coefficient (Wildman–Crippen LogP) is 1.77. The Labute approximate surface area is 140 Å². The molecule has 124 valence electrons. The second-order valence-electron chi connectivity index (χ2n) is 6.22. The Bertz CT molecular complexity index is 621. The van der Waals surface area contributed by atoms with Crippen LogP contribution in [0.1, 0.15) is 23.1 Å². The van der Waals surface area contributed by atoms with E-state index in [4.69, 9.17) is 9.47 Å². The van der Waals surface area contributed by atoms with Gasteiger partial charge < -0.3 is 14.8 Å². The van der Waals surface area contributed by atoms with E-state index in [1.165, 1.54) is 12.7 Å². The minimum atomic E-state index is -0.916. The molecule has 1 amide bonds. The molecule has 0 unspecified atom stereocenters. The number of aryl methyl sites for hydroxylation is 2. The summed E-state index contributed by atoms with van der Waals surface area (Å²) >= 11 is 1.64. The lowest BCUT2D eigenvalue weighted by molar-refractivity contribution is -0.150. The van der Waals surface area contributed by atoms with Gasteiger partial charge in [0.05, 0.1) is 7.11 Å². The first-order chi connectivity index (χ1) is 10.9. The molecule has 2 aliphatic rings. The highest BCUT2D eigenvalue weighted by Gasteiger charge is 2.46. The summed E-state index contributed by atoms with van der Waals surface area (Å²) in [5.41, 5.74) is 2.45. The highest BCUT2D eigenvalue weighted by molar-refractivity contribution is 7.99. The molecular weight excluding hydrogens is 314 g/mol. The van der Waals surface area contributed by atoms with Crippen LogP contribution in [0.4, 0.5) is 0 Å². The zero-order chi connectivity index (χ0) is 16.6. The maximum absolute atomic E-state index is 12.6. The molecule has 0 bridgehead atoms. The van der Waals surface area contributed by atoms with Crippen molar-refractivity contribution in [1.29, 1.82) is 0 Å². The second-order valence-corrected chi connectivity index (χ2v) is 7.33. The van der Waals surface area contributed by atoms with Gasteiger partial charge in [0.1, 0.15) is 11.3 Å². The van der Waals surface area contributed by atoms with Crippen LogP contribution >= 0.6 is 11.8 Å². The standard InChI is InChI=1S/C17H21NO4S/c1-10-6-12-8-14(22-13(12)7-11(10)2)15(19)18-17(16(20)21-3)4-5-23-9-17/h6-7,14H,4-5,8-9H2,1-3H3,(H,18,19)/t14-,17-/m1/s1. The summed E-state index contributed by atoms with van der Waals surface area (Å²) in [6.07, 6.45) is 0.541. The van der Waals surface area contributed by atoms with Gasteiger partial charge in [0.25, 0.3) is 5.91 Å². The van der Waals surface area contributed by atoms with Gasteiger partial charge in [-0.3, -0.25) is 4.79 Å². The third-order valence-corrected chi connectivity index (χ3v) is 5.79. The van der Waals surface area contributed by atoms with Crippen molar-refractivity contribution >= 4 is 23.6 Å². The molecule has 23 heavy (non-hydrogen) atoms. The van der Waals surface area contributed by atoms with E-state index in [-0.39, 0.29) is 11.9 Å². The summed E-state index contributed by atoms with van der Waals surface area (Å²) < 4.78 is 10.7. The Balaban J connectivity index is 1.74. The minimum Gasteiger partial charge on any atom is -0.480 e. The summed E-state index contributed by atoms with van der Waals surface area (Å²) in [6, 6.07) is 4.04. The Morgan fingerprint density at radius 1 is 1.35 bits per heavy atom. The van der Waals surface area contributed by atoms with Crippen molar-refractivity contribution in [2.75, 3.05) is 18.6 Å². The van der Waals surface area contributed by atoms with E-state index in [0.29, 0.717) is 18.6 Å². The number of carbonyl (C=O) groups excluding carboxylic acids is 2. The molecular formula is C17H21NO4S. The van der Waals surface area contributed by atoms with Crippen molar-refractivity contribution in [2.24, 2.45) is 0 Å². The van der Waals surface area contributed by atoms with E-state index in [9.17, 15) is 9.59 Å². The maximum Gasteiger partial charge on any atom is 0.332 e. The van der Waals surface area contributed by atoms with Crippen molar-refractivity contribution in [3.8, 4) is 5.75 Å². The molecule has 2 heterocycles. The SMILES string of the molecule is COC(=O)[C@@]1(NC(=O)[C@H]2Cc3cc(C)c(C)cc3O2)CCSC1. The molecule has 5 nitrogen and oxygen atoms in total. The largest absolute Gasteiger partial charge is 0.480 e. The van der Waals surface area contributed by atoms with Gasteiger partial charge in [-0.1, -0.05) is 6.07 Å². The number of amides is 1. The van der Waals surface area contributed by atoms with Gasteiger partial charge in [0.2, 0.25) is 0 Å².